The van der Waals surface area contributed by atoms with Crippen LogP contribution in [0.2, 0.25) is 0 Å². The molecule has 1 saturated heterocycles. The number of nitrogens with zero attached hydrogens (tertiary/aromatic N) is 2. The van der Waals surface area contributed by atoms with E-state index in [0.29, 0.717) is 13.2 Å². The number of esters is 1. The van der Waals surface area contributed by atoms with E-state index in [-0.39, 0.29) is 17.3 Å². The Labute approximate surface area is 162 Å². The first-order valence-corrected chi connectivity index (χ1v) is 9.62. The largest absolute Gasteiger partial charge is 0.491 e. The van der Waals surface area contributed by atoms with Gasteiger partial charge in [-0.2, -0.15) is 0 Å². The van der Waals surface area contributed by atoms with Gasteiger partial charge in [0, 0.05) is 20.1 Å². The second-order valence-electron chi connectivity index (χ2n) is 7.85. The zero-order valence-electron chi connectivity index (χ0n) is 17.2. The van der Waals surface area contributed by atoms with E-state index >= 15 is 0 Å². The maximum atomic E-state index is 11.7. The van der Waals surface area contributed by atoms with E-state index < -0.39 is 0 Å². The summed E-state index contributed by atoms with van der Waals surface area (Å²) < 4.78 is 10.9. The van der Waals surface area contributed by atoms with Crippen LogP contribution < -0.4 is 10.1 Å². The van der Waals surface area contributed by atoms with Gasteiger partial charge in [0.05, 0.1) is 19.6 Å². The minimum absolute atomic E-state index is 0.00147. The van der Waals surface area contributed by atoms with Crippen LogP contribution in [0, 0.1) is 5.92 Å². The molecule has 2 rings (SSSR count). The van der Waals surface area contributed by atoms with Crippen LogP contribution in [0.15, 0.2) is 29.3 Å². The number of benzene rings is 1. The Balaban J connectivity index is 1.81. The number of ether oxygens (including phenoxy) is 2. The van der Waals surface area contributed by atoms with Gasteiger partial charge in [0.15, 0.2) is 5.96 Å². The first-order chi connectivity index (χ1) is 12.9. The van der Waals surface area contributed by atoms with Crippen LogP contribution in [-0.2, 0) is 14.9 Å². The van der Waals surface area contributed by atoms with E-state index in [1.54, 1.807) is 7.05 Å². The zero-order chi connectivity index (χ0) is 19.9. The lowest BCUT2D eigenvalue weighted by Crippen LogP contribution is -2.47. The Morgan fingerprint density at radius 1 is 1.26 bits per heavy atom. The number of piperidine rings is 1. The SMILES string of the molecule is CN=C(NCCOc1ccccc1C(C)(C)C)N1CCC(C(=O)OC)CC1. The van der Waals surface area contributed by atoms with Gasteiger partial charge >= 0.3 is 5.97 Å². The van der Waals surface area contributed by atoms with Crippen molar-refractivity contribution in [2.45, 2.75) is 39.0 Å². The predicted octanol–water partition coefficient (Wildman–Crippen LogP) is 2.82. The van der Waals surface area contributed by atoms with Crippen LogP contribution in [0.3, 0.4) is 0 Å². The fourth-order valence-electron chi connectivity index (χ4n) is 3.36. The number of para-hydroxylation sites is 1. The third-order valence-electron chi connectivity index (χ3n) is 4.88. The lowest BCUT2D eigenvalue weighted by Gasteiger charge is -2.33. The summed E-state index contributed by atoms with van der Waals surface area (Å²) in [5.74, 6) is 1.68. The summed E-state index contributed by atoms with van der Waals surface area (Å²) in [5.41, 5.74) is 1.25. The Kier molecular flexibility index (Phi) is 7.51. The lowest BCUT2D eigenvalue weighted by molar-refractivity contribution is -0.146. The minimum atomic E-state index is -0.108. The third-order valence-corrected chi connectivity index (χ3v) is 4.88. The number of hydrogen-bond acceptors (Lipinski definition) is 4. The number of guanidine groups is 1. The summed E-state index contributed by atoms with van der Waals surface area (Å²) in [5, 5.41) is 3.36. The molecule has 0 radical (unpaired) electrons. The summed E-state index contributed by atoms with van der Waals surface area (Å²) in [7, 11) is 3.23. The molecule has 1 aliphatic rings. The highest BCUT2D eigenvalue weighted by Gasteiger charge is 2.27. The molecule has 0 aliphatic carbocycles. The second kappa shape index (κ2) is 9.62. The van der Waals surface area contributed by atoms with Gasteiger partial charge in [-0.1, -0.05) is 39.0 Å². The van der Waals surface area contributed by atoms with Gasteiger partial charge in [-0.05, 0) is 29.9 Å². The predicted molar refractivity (Wildman–Crippen MR) is 108 cm³/mol. The molecule has 0 saturated carbocycles. The first kappa shape index (κ1) is 21.1. The zero-order valence-corrected chi connectivity index (χ0v) is 17.2. The molecule has 6 nitrogen and oxygen atoms in total. The van der Waals surface area contributed by atoms with Crippen LogP contribution >= 0.6 is 0 Å². The van der Waals surface area contributed by atoms with Gasteiger partial charge in [-0.3, -0.25) is 9.79 Å². The third kappa shape index (κ3) is 5.88. The topological polar surface area (TPSA) is 63.2 Å². The molecule has 0 atom stereocenters. The Morgan fingerprint density at radius 2 is 1.93 bits per heavy atom. The normalized spacial score (nSPS) is 16.2. The molecule has 0 amide bonds. The molecular formula is C21H33N3O3. The van der Waals surface area contributed by atoms with Crippen molar-refractivity contribution in [1.29, 1.82) is 0 Å². The number of hydrogen-bond donors (Lipinski definition) is 1. The minimum Gasteiger partial charge on any atom is -0.491 e. The van der Waals surface area contributed by atoms with Crippen molar-refractivity contribution in [3.05, 3.63) is 29.8 Å². The van der Waals surface area contributed by atoms with E-state index in [0.717, 1.165) is 37.6 Å². The summed E-state index contributed by atoms with van der Waals surface area (Å²) in [6.45, 7) is 9.39. The molecule has 0 unspecified atom stereocenters. The number of rotatable bonds is 5. The summed E-state index contributed by atoms with van der Waals surface area (Å²) in [6.07, 6.45) is 1.59. The average molecular weight is 376 g/mol. The molecule has 1 aliphatic heterocycles. The molecule has 150 valence electrons. The summed E-state index contributed by atoms with van der Waals surface area (Å²) in [4.78, 5) is 18.2. The van der Waals surface area contributed by atoms with Gasteiger partial charge in [-0.15, -0.1) is 0 Å². The number of carbonyl (C=O) groups excluding carboxylic acids is 1. The maximum Gasteiger partial charge on any atom is 0.308 e. The summed E-state index contributed by atoms with van der Waals surface area (Å²) in [6, 6.07) is 8.19. The highest BCUT2D eigenvalue weighted by molar-refractivity contribution is 5.80. The van der Waals surface area contributed by atoms with Crippen LogP contribution in [0.1, 0.15) is 39.2 Å². The van der Waals surface area contributed by atoms with Gasteiger partial charge in [0.25, 0.3) is 0 Å². The van der Waals surface area contributed by atoms with Crippen LogP contribution in [0.25, 0.3) is 0 Å². The summed E-state index contributed by atoms with van der Waals surface area (Å²) >= 11 is 0. The highest BCUT2D eigenvalue weighted by atomic mass is 16.5. The van der Waals surface area contributed by atoms with Crippen LogP contribution in [-0.4, -0.2) is 57.2 Å². The van der Waals surface area contributed by atoms with E-state index in [4.69, 9.17) is 9.47 Å². The number of nitrogens with one attached hydrogen (secondary N) is 1. The number of likely N-dealkylation sites (tertiary alicyclic amines) is 1. The molecule has 1 aromatic rings. The molecule has 27 heavy (non-hydrogen) atoms. The Bertz CT molecular complexity index is 644. The van der Waals surface area contributed by atoms with Gasteiger partial charge in [0.2, 0.25) is 0 Å². The average Bonchev–Trinajstić information content (AvgIpc) is 2.67. The van der Waals surface area contributed by atoms with Crippen molar-refractivity contribution in [1.82, 2.24) is 10.2 Å². The molecule has 1 aromatic carbocycles. The number of methoxy groups -OCH3 is 1. The van der Waals surface area contributed by atoms with E-state index in [9.17, 15) is 4.79 Å². The molecule has 1 N–H and O–H groups in total. The molecule has 6 heteroatoms. The van der Waals surface area contributed by atoms with Gasteiger partial charge in [-0.25, -0.2) is 0 Å². The van der Waals surface area contributed by atoms with E-state index in [1.165, 1.54) is 12.7 Å². The lowest BCUT2D eigenvalue weighted by atomic mass is 9.86. The first-order valence-electron chi connectivity index (χ1n) is 9.62. The van der Waals surface area contributed by atoms with Crippen molar-refractivity contribution < 1.29 is 14.3 Å². The number of carbonyl (C=O) groups is 1. The maximum absolute atomic E-state index is 11.7. The van der Waals surface area contributed by atoms with Crippen molar-refractivity contribution in [3.8, 4) is 5.75 Å². The fraction of sp³-hybridized carbons (Fsp3) is 0.619. The molecule has 1 heterocycles. The van der Waals surface area contributed by atoms with Crippen molar-refractivity contribution in [3.63, 3.8) is 0 Å². The second-order valence-corrected chi connectivity index (χ2v) is 7.85. The van der Waals surface area contributed by atoms with Crippen molar-refractivity contribution >= 4 is 11.9 Å². The standard InChI is InChI=1S/C21H33N3O3/c1-21(2,3)17-8-6-7-9-18(17)27-15-12-23-20(22-4)24-13-10-16(11-14-24)19(25)26-5/h6-9,16H,10-15H2,1-5H3,(H,22,23). The van der Waals surface area contributed by atoms with Crippen LogP contribution in [0.4, 0.5) is 0 Å². The Morgan fingerprint density at radius 3 is 2.52 bits per heavy atom. The van der Waals surface area contributed by atoms with E-state index in [2.05, 4.69) is 42.0 Å². The molecule has 0 spiro atoms. The van der Waals surface area contributed by atoms with Crippen LogP contribution in [0.5, 0.6) is 5.75 Å². The fourth-order valence-corrected chi connectivity index (χ4v) is 3.36. The molecule has 1 fully saturated rings. The number of aliphatic imine (C=N–C) groups is 1. The van der Waals surface area contributed by atoms with E-state index in [1.807, 2.05) is 18.2 Å². The van der Waals surface area contributed by atoms with Crippen molar-refractivity contribution in [2.24, 2.45) is 10.9 Å². The van der Waals surface area contributed by atoms with Gasteiger partial charge in [0.1, 0.15) is 12.4 Å². The Hall–Kier alpha value is -2.24. The smallest absolute Gasteiger partial charge is 0.308 e. The quantitative estimate of drug-likeness (QED) is 0.371. The van der Waals surface area contributed by atoms with Gasteiger partial charge < -0.3 is 19.7 Å². The molecular weight excluding hydrogens is 342 g/mol. The molecule has 0 bridgehead atoms. The van der Waals surface area contributed by atoms with Crippen molar-refractivity contribution in [2.75, 3.05) is 40.4 Å². The highest BCUT2D eigenvalue weighted by Crippen LogP contribution is 2.30. The monoisotopic (exact) mass is 375 g/mol. The molecule has 0 aromatic heterocycles.